The van der Waals surface area contributed by atoms with E-state index in [0.717, 1.165) is 30.9 Å². The Kier molecular flexibility index (Phi) is 2.76. The maximum absolute atomic E-state index is 5.81. The van der Waals surface area contributed by atoms with Crippen LogP contribution in [0, 0.1) is 0 Å². The van der Waals surface area contributed by atoms with Crippen LogP contribution in [0.5, 0.6) is 0 Å². The molecule has 0 aliphatic heterocycles. The molecule has 18 heavy (non-hydrogen) atoms. The van der Waals surface area contributed by atoms with Gasteiger partial charge in [0.15, 0.2) is 0 Å². The Hall–Kier alpha value is -1.88. The molecule has 2 aromatic rings. The summed E-state index contributed by atoms with van der Waals surface area (Å²) in [7, 11) is 1.96. The molecule has 1 atom stereocenters. The predicted molar refractivity (Wildman–Crippen MR) is 69.8 cm³/mol. The number of rotatable bonds is 3. The van der Waals surface area contributed by atoms with Crippen molar-refractivity contribution in [1.29, 1.82) is 0 Å². The maximum atomic E-state index is 5.81. The van der Waals surface area contributed by atoms with E-state index in [0.29, 0.717) is 6.04 Å². The van der Waals surface area contributed by atoms with Crippen LogP contribution in [0.15, 0.2) is 24.5 Å². The Morgan fingerprint density at radius 1 is 1.50 bits per heavy atom. The smallest absolute Gasteiger partial charge is 0.146 e. The van der Waals surface area contributed by atoms with Crippen LogP contribution < -0.4 is 11.1 Å². The molecule has 1 aliphatic rings. The number of nitrogens with zero attached hydrogens (tertiary/aromatic N) is 3. The summed E-state index contributed by atoms with van der Waals surface area (Å²) in [4.78, 5) is 0. The second-order valence-corrected chi connectivity index (χ2v) is 4.79. The Balaban J connectivity index is 1.71. The number of anilines is 1. The lowest BCUT2D eigenvalue weighted by Crippen LogP contribution is -2.20. The topological polar surface area (TPSA) is 68.8 Å². The van der Waals surface area contributed by atoms with Gasteiger partial charge >= 0.3 is 0 Å². The zero-order valence-corrected chi connectivity index (χ0v) is 10.4. The van der Waals surface area contributed by atoms with Gasteiger partial charge in [0.2, 0.25) is 0 Å². The van der Waals surface area contributed by atoms with E-state index < -0.39 is 0 Å². The van der Waals surface area contributed by atoms with Gasteiger partial charge in [-0.05, 0) is 36.1 Å². The Labute approximate surface area is 106 Å². The molecule has 0 spiro atoms. The van der Waals surface area contributed by atoms with Crippen LogP contribution in [0.4, 0.5) is 5.69 Å². The fourth-order valence-corrected chi connectivity index (χ4v) is 2.53. The average molecular weight is 243 g/mol. The molecule has 0 radical (unpaired) electrons. The summed E-state index contributed by atoms with van der Waals surface area (Å²) in [6.07, 6.45) is 3.94. The Morgan fingerprint density at radius 3 is 3.17 bits per heavy atom. The fraction of sp³-hybridized carbons (Fsp3) is 0.385. The molecule has 1 aromatic heterocycles. The van der Waals surface area contributed by atoms with Gasteiger partial charge in [-0.2, -0.15) is 0 Å². The molecule has 0 fully saturated rings. The van der Waals surface area contributed by atoms with E-state index in [-0.39, 0.29) is 0 Å². The van der Waals surface area contributed by atoms with E-state index in [9.17, 15) is 0 Å². The first-order valence-corrected chi connectivity index (χ1v) is 6.18. The largest absolute Gasteiger partial charge is 0.399 e. The van der Waals surface area contributed by atoms with Gasteiger partial charge in [0.25, 0.3) is 0 Å². The number of hydrogen-bond acceptors (Lipinski definition) is 4. The molecular weight excluding hydrogens is 226 g/mol. The van der Waals surface area contributed by atoms with Crippen LogP contribution in [0.2, 0.25) is 0 Å². The lowest BCUT2D eigenvalue weighted by Gasteiger charge is -2.13. The highest BCUT2D eigenvalue weighted by Crippen LogP contribution is 2.32. The third-order valence-electron chi connectivity index (χ3n) is 3.56. The minimum atomic E-state index is 0.400. The van der Waals surface area contributed by atoms with Crippen molar-refractivity contribution in [3.8, 4) is 0 Å². The van der Waals surface area contributed by atoms with Gasteiger partial charge in [0.1, 0.15) is 12.2 Å². The lowest BCUT2D eigenvalue weighted by atomic mass is 10.1. The van der Waals surface area contributed by atoms with E-state index in [4.69, 9.17) is 5.73 Å². The van der Waals surface area contributed by atoms with Gasteiger partial charge in [-0.1, -0.05) is 6.07 Å². The summed E-state index contributed by atoms with van der Waals surface area (Å²) in [6.45, 7) is 0.741. The number of nitrogens with one attached hydrogen (secondary N) is 1. The molecule has 1 unspecified atom stereocenters. The highest BCUT2D eigenvalue weighted by atomic mass is 15.3. The number of benzene rings is 1. The Bertz CT molecular complexity index is 560. The number of fused-ring (bicyclic) bond motifs is 1. The predicted octanol–water partition coefficient (Wildman–Crippen LogP) is 1.17. The number of aromatic nitrogens is 3. The standard InChI is InChI=1S/C13H17N5/c1-18-8-16-17-13(18)7-15-12-5-2-9-6-10(14)3-4-11(9)12/h3-4,6,8,12,15H,2,5,7,14H2,1H3. The van der Waals surface area contributed by atoms with Crippen LogP contribution >= 0.6 is 0 Å². The second-order valence-electron chi connectivity index (χ2n) is 4.79. The number of aryl methyl sites for hydroxylation is 2. The summed E-state index contributed by atoms with van der Waals surface area (Å²) in [5.41, 5.74) is 9.39. The van der Waals surface area contributed by atoms with Crippen LogP contribution in [0.1, 0.15) is 29.4 Å². The van der Waals surface area contributed by atoms with Crippen LogP contribution in [0.3, 0.4) is 0 Å². The summed E-state index contributed by atoms with van der Waals surface area (Å²) in [5, 5.41) is 11.5. The van der Waals surface area contributed by atoms with E-state index in [1.807, 2.05) is 17.7 Å². The molecule has 3 rings (SSSR count). The van der Waals surface area contributed by atoms with Crippen molar-refractivity contribution in [3.05, 3.63) is 41.5 Å². The van der Waals surface area contributed by atoms with Crippen molar-refractivity contribution in [2.75, 3.05) is 5.73 Å². The van der Waals surface area contributed by atoms with E-state index in [1.165, 1.54) is 11.1 Å². The second kappa shape index (κ2) is 4.42. The maximum Gasteiger partial charge on any atom is 0.146 e. The van der Waals surface area contributed by atoms with Crippen molar-refractivity contribution in [1.82, 2.24) is 20.1 Å². The minimum Gasteiger partial charge on any atom is -0.399 e. The Morgan fingerprint density at radius 2 is 2.39 bits per heavy atom. The van der Waals surface area contributed by atoms with Crippen LogP contribution in [-0.2, 0) is 20.0 Å². The number of hydrogen-bond donors (Lipinski definition) is 2. The first-order valence-electron chi connectivity index (χ1n) is 6.18. The molecule has 1 aromatic carbocycles. The SMILES string of the molecule is Cn1cnnc1CNC1CCc2cc(N)ccc21. The minimum absolute atomic E-state index is 0.400. The summed E-state index contributed by atoms with van der Waals surface area (Å²) in [6, 6.07) is 6.59. The number of nitrogens with two attached hydrogens (primary N) is 1. The zero-order chi connectivity index (χ0) is 12.5. The molecule has 94 valence electrons. The van der Waals surface area contributed by atoms with Crippen molar-refractivity contribution in [2.24, 2.45) is 7.05 Å². The van der Waals surface area contributed by atoms with Crippen molar-refractivity contribution < 1.29 is 0 Å². The molecule has 5 nitrogen and oxygen atoms in total. The quantitative estimate of drug-likeness (QED) is 0.794. The van der Waals surface area contributed by atoms with Gasteiger partial charge in [-0.3, -0.25) is 0 Å². The highest BCUT2D eigenvalue weighted by Gasteiger charge is 2.22. The molecule has 0 saturated heterocycles. The van der Waals surface area contributed by atoms with Gasteiger partial charge in [0.05, 0.1) is 6.54 Å². The first kappa shape index (κ1) is 11.2. The van der Waals surface area contributed by atoms with Gasteiger partial charge in [-0.25, -0.2) is 0 Å². The van der Waals surface area contributed by atoms with Crippen molar-refractivity contribution >= 4 is 5.69 Å². The molecule has 1 heterocycles. The lowest BCUT2D eigenvalue weighted by molar-refractivity contribution is 0.511. The van der Waals surface area contributed by atoms with Gasteiger partial charge < -0.3 is 15.6 Å². The van der Waals surface area contributed by atoms with Crippen LogP contribution in [-0.4, -0.2) is 14.8 Å². The van der Waals surface area contributed by atoms with E-state index >= 15 is 0 Å². The van der Waals surface area contributed by atoms with E-state index in [2.05, 4.69) is 27.6 Å². The van der Waals surface area contributed by atoms with Gasteiger partial charge in [0, 0.05) is 18.8 Å². The third-order valence-corrected chi connectivity index (χ3v) is 3.56. The summed E-state index contributed by atoms with van der Waals surface area (Å²) < 4.78 is 1.94. The molecule has 1 aliphatic carbocycles. The van der Waals surface area contributed by atoms with Crippen molar-refractivity contribution in [3.63, 3.8) is 0 Å². The zero-order valence-electron chi connectivity index (χ0n) is 10.4. The molecule has 0 bridgehead atoms. The molecule has 5 heteroatoms. The number of nitrogen functional groups attached to an aromatic ring is 1. The normalized spacial score (nSPS) is 17.9. The average Bonchev–Trinajstić information content (AvgIpc) is 2.93. The molecular formula is C13H17N5. The molecule has 3 N–H and O–H groups in total. The molecule has 0 amide bonds. The highest BCUT2D eigenvalue weighted by molar-refractivity contribution is 5.47. The summed E-state index contributed by atoms with van der Waals surface area (Å²) >= 11 is 0. The van der Waals surface area contributed by atoms with Gasteiger partial charge in [-0.15, -0.1) is 10.2 Å². The van der Waals surface area contributed by atoms with E-state index in [1.54, 1.807) is 6.33 Å². The molecule has 0 saturated carbocycles. The summed E-state index contributed by atoms with van der Waals surface area (Å²) in [5.74, 6) is 0.957. The van der Waals surface area contributed by atoms with Crippen LogP contribution in [0.25, 0.3) is 0 Å². The van der Waals surface area contributed by atoms with Crippen molar-refractivity contribution in [2.45, 2.75) is 25.4 Å². The third kappa shape index (κ3) is 1.97. The first-order chi connectivity index (χ1) is 8.74. The fourth-order valence-electron chi connectivity index (χ4n) is 2.53. The monoisotopic (exact) mass is 243 g/mol.